The van der Waals surface area contributed by atoms with Gasteiger partial charge in [-0.05, 0) is 29.8 Å². The van der Waals surface area contributed by atoms with Crippen molar-refractivity contribution < 1.29 is 19.5 Å². The summed E-state index contributed by atoms with van der Waals surface area (Å²) in [6.07, 6.45) is 0. The second-order valence-corrected chi connectivity index (χ2v) is 5.98. The maximum Gasteiger partial charge on any atom is 0.137 e. The van der Waals surface area contributed by atoms with E-state index in [1.54, 1.807) is 12.1 Å². The van der Waals surface area contributed by atoms with Crippen molar-refractivity contribution in [2.45, 2.75) is 0 Å². The number of nitrogens with zero attached hydrogens (tertiary/aromatic N) is 1. The van der Waals surface area contributed by atoms with Crippen LogP contribution in [0.3, 0.4) is 0 Å². The van der Waals surface area contributed by atoms with Crippen molar-refractivity contribution in [3.05, 3.63) is 60.2 Å². The molecule has 2 aromatic carbocycles. The summed E-state index contributed by atoms with van der Waals surface area (Å²) in [5.74, 6) is -0.210. The monoisotopic (exact) mass is 326 g/mol. The molecule has 3 rings (SSSR count). The summed E-state index contributed by atoms with van der Waals surface area (Å²) in [5.41, 5.74) is 1.29. The van der Waals surface area contributed by atoms with Crippen molar-refractivity contribution in [1.29, 1.82) is 0 Å². The van der Waals surface area contributed by atoms with E-state index in [0.29, 0.717) is 0 Å². The SMILES string of the molecule is O=C([O-])c1ccc(N2CC[NH+](CCOc3ccccc3)CC2)cc1. The summed E-state index contributed by atoms with van der Waals surface area (Å²) in [7, 11) is 0. The van der Waals surface area contributed by atoms with Crippen LogP contribution < -0.4 is 19.6 Å². The highest BCUT2D eigenvalue weighted by Gasteiger charge is 2.19. The molecule has 24 heavy (non-hydrogen) atoms. The molecule has 0 unspecified atom stereocenters. The van der Waals surface area contributed by atoms with Gasteiger partial charge in [-0.15, -0.1) is 0 Å². The highest BCUT2D eigenvalue weighted by Crippen LogP contribution is 2.15. The van der Waals surface area contributed by atoms with Crippen LogP contribution in [-0.2, 0) is 0 Å². The number of anilines is 1. The lowest BCUT2D eigenvalue weighted by Gasteiger charge is -2.33. The standard InChI is InChI=1S/C19H22N2O3/c22-19(23)16-6-8-17(9-7-16)21-12-10-20(11-13-21)14-15-24-18-4-2-1-3-5-18/h1-9H,10-15H2,(H,22,23). The van der Waals surface area contributed by atoms with Crippen molar-refractivity contribution in [3.63, 3.8) is 0 Å². The first-order valence-electron chi connectivity index (χ1n) is 8.30. The minimum atomic E-state index is -1.13. The summed E-state index contributed by atoms with van der Waals surface area (Å²) in [4.78, 5) is 14.6. The summed E-state index contributed by atoms with van der Waals surface area (Å²) in [5, 5.41) is 10.8. The predicted octanol–water partition coefficient (Wildman–Crippen LogP) is -0.166. The molecule has 5 heteroatoms. The van der Waals surface area contributed by atoms with Crippen molar-refractivity contribution in [1.82, 2.24) is 0 Å². The molecule has 1 aliphatic rings. The van der Waals surface area contributed by atoms with Crippen molar-refractivity contribution in [3.8, 4) is 5.75 Å². The molecule has 1 heterocycles. The number of carboxylic acids is 1. The summed E-state index contributed by atoms with van der Waals surface area (Å²) >= 11 is 0. The number of hydrogen-bond donors (Lipinski definition) is 1. The molecule has 1 aliphatic heterocycles. The van der Waals surface area contributed by atoms with E-state index in [1.165, 1.54) is 4.90 Å². The number of piperazine rings is 1. The number of hydrogen-bond acceptors (Lipinski definition) is 4. The summed E-state index contributed by atoms with van der Waals surface area (Å²) < 4.78 is 5.76. The van der Waals surface area contributed by atoms with E-state index < -0.39 is 5.97 Å². The van der Waals surface area contributed by atoms with E-state index in [-0.39, 0.29) is 5.56 Å². The molecule has 1 N–H and O–H groups in total. The maximum absolute atomic E-state index is 10.8. The van der Waals surface area contributed by atoms with Crippen LogP contribution in [-0.4, -0.2) is 45.3 Å². The van der Waals surface area contributed by atoms with Crippen LogP contribution in [0, 0.1) is 0 Å². The number of ether oxygens (including phenoxy) is 1. The van der Waals surface area contributed by atoms with Crippen molar-refractivity contribution in [2.24, 2.45) is 0 Å². The number of para-hydroxylation sites is 1. The van der Waals surface area contributed by atoms with Crippen LogP contribution in [0.1, 0.15) is 10.4 Å². The Hall–Kier alpha value is -2.53. The highest BCUT2D eigenvalue weighted by atomic mass is 16.5. The van der Waals surface area contributed by atoms with Gasteiger partial charge in [0.15, 0.2) is 0 Å². The van der Waals surface area contributed by atoms with Crippen LogP contribution in [0.4, 0.5) is 5.69 Å². The van der Waals surface area contributed by atoms with Crippen LogP contribution in [0.2, 0.25) is 0 Å². The van der Waals surface area contributed by atoms with E-state index in [9.17, 15) is 9.90 Å². The van der Waals surface area contributed by atoms with Crippen LogP contribution >= 0.6 is 0 Å². The molecule has 2 aromatic rings. The molecule has 1 saturated heterocycles. The quantitative estimate of drug-likeness (QED) is 0.801. The second kappa shape index (κ2) is 7.84. The fourth-order valence-electron chi connectivity index (χ4n) is 2.97. The van der Waals surface area contributed by atoms with E-state index in [2.05, 4.69) is 4.90 Å². The van der Waals surface area contributed by atoms with Gasteiger partial charge in [0, 0.05) is 5.69 Å². The molecule has 0 radical (unpaired) electrons. The van der Waals surface area contributed by atoms with Gasteiger partial charge in [0.25, 0.3) is 0 Å². The Bertz CT molecular complexity index is 650. The molecular weight excluding hydrogens is 304 g/mol. The van der Waals surface area contributed by atoms with Gasteiger partial charge in [0.05, 0.1) is 32.1 Å². The summed E-state index contributed by atoms with van der Waals surface area (Å²) in [6, 6.07) is 16.8. The number of nitrogens with one attached hydrogen (secondary N) is 1. The van der Waals surface area contributed by atoms with Gasteiger partial charge >= 0.3 is 0 Å². The highest BCUT2D eigenvalue weighted by molar-refractivity contribution is 5.86. The zero-order valence-corrected chi connectivity index (χ0v) is 13.6. The number of carboxylic acid groups (broad SMARTS) is 1. The van der Waals surface area contributed by atoms with Gasteiger partial charge in [0.1, 0.15) is 18.9 Å². The molecule has 0 saturated carbocycles. The van der Waals surface area contributed by atoms with Gasteiger partial charge in [-0.25, -0.2) is 0 Å². The molecule has 0 atom stereocenters. The van der Waals surface area contributed by atoms with Gasteiger partial charge in [-0.3, -0.25) is 0 Å². The predicted molar refractivity (Wildman–Crippen MR) is 90.5 cm³/mol. The van der Waals surface area contributed by atoms with E-state index in [1.807, 2.05) is 42.5 Å². The number of carbonyl (C=O) groups excluding carboxylic acids is 1. The molecule has 1 fully saturated rings. The number of quaternary nitrogens is 1. The lowest BCUT2D eigenvalue weighted by Crippen LogP contribution is -3.15. The number of aromatic carboxylic acids is 1. The fraction of sp³-hybridized carbons (Fsp3) is 0.316. The topological polar surface area (TPSA) is 57.0 Å². The molecule has 0 spiro atoms. The smallest absolute Gasteiger partial charge is 0.137 e. The largest absolute Gasteiger partial charge is 0.545 e. The zero-order valence-electron chi connectivity index (χ0n) is 13.6. The first-order chi connectivity index (χ1) is 11.7. The lowest BCUT2D eigenvalue weighted by molar-refractivity contribution is -0.900. The molecule has 0 aliphatic carbocycles. The third-order valence-electron chi connectivity index (χ3n) is 4.41. The van der Waals surface area contributed by atoms with E-state index in [0.717, 1.165) is 50.8 Å². The lowest BCUT2D eigenvalue weighted by atomic mass is 10.2. The van der Waals surface area contributed by atoms with Gasteiger partial charge < -0.3 is 24.4 Å². The third-order valence-corrected chi connectivity index (χ3v) is 4.41. The normalized spacial score (nSPS) is 15.2. The first kappa shape index (κ1) is 16.3. The van der Waals surface area contributed by atoms with Gasteiger partial charge in [-0.1, -0.05) is 30.3 Å². The van der Waals surface area contributed by atoms with Gasteiger partial charge in [-0.2, -0.15) is 0 Å². The second-order valence-electron chi connectivity index (χ2n) is 5.98. The van der Waals surface area contributed by atoms with Crippen molar-refractivity contribution >= 4 is 11.7 Å². The third kappa shape index (κ3) is 4.26. The van der Waals surface area contributed by atoms with E-state index in [4.69, 9.17) is 4.74 Å². The molecule has 0 aromatic heterocycles. The van der Waals surface area contributed by atoms with E-state index >= 15 is 0 Å². The fourth-order valence-corrected chi connectivity index (χ4v) is 2.97. The Balaban J connectivity index is 1.43. The first-order valence-corrected chi connectivity index (χ1v) is 8.30. The van der Waals surface area contributed by atoms with Crippen LogP contribution in [0.15, 0.2) is 54.6 Å². The number of carbonyl (C=O) groups is 1. The molecule has 0 bridgehead atoms. The molecular formula is C19H22N2O3. The minimum Gasteiger partial charge on any atom is -0.545 e. The Morgan fingerprint density at radius 1 is 1.04 bits per heavy atom. The van der Waals surface area contributed by atoms with Crippen molar-refractivity contribution in [2.75, 3.05) is 44.2 Å². The summed E-state index contributed by atoms with van der Waals surface area (Å²) in [6.45, 7) is 5.75. The average molecular weight is 326 g/mol. The Morgan fingerprint density at radius 2 is 1.71 bits per heavy atom. The minimum absolute atomic E-state index is 0.223. The maximum atomic E-state index is 10.8. The Labute approximate surface area is 142 Å². The molecule has 126 valence electrons. The Morgan fingerprint density at radius 3 is 2.33 bits per heavy atom. The number of rotatable bonds is 6. The Kier molecular flexibility index (Phi) is 5.33. The van der Waals surface area contributed by atoms with Crippen LogP contribution in [0.25, 0.3) is 0 Å². The molecule has 0 amide bonds. The zero-order chi connectivity index (χ0) is 16.8. The van der Waals surface area contributed by atoms with Crippen LogP contribution in [0.5, 0.6) is 5.75 Å². The van der Waals surface area contributed by atoms with Gasteiger partial charge in [0.2, 0.25) is 0 Å². The average Bonchev–Trinajstić information content (AvgIpc) is 2.63. The number of benzene rings is 2. The molecule has 5 nitrogen and oxygen atoms in total.